The maximum Gasteiger partial charge on any atom is 0.0726 e. The first kappa shape index (κ1) is 23.0. The van der Waals surface area contributed by atoms with E-state index in [-0.39, 0.29) is 5.41 Å². The summed E-state index contributed by atoms with van der Waals surface area (Å²) >= 11 is 0. The Bertz CT molecular complexity index is 1920. The van der Waals surface area contributed by atoms with Crippen LogP contribution in [0.1, 0.15) is 33.4 Å². The van der Waals surface area contributed by atoms with E-state index in [1.54, 1.807) is 0 Å². The third-order valence-corrected chi connectivity index (χ3v) is 8.87. The fraction of sp³-hybridized carbons (Fsp3) is 0.0769. The largest absolute Gasteiger partial charge is 0.355 e. The average molecular weight is 512 g/mol. The van der Waals surface area contributed by atoms with E-state index in [1.165, 1.54) is 66.8 Å². The molecule has 40 heavy (non-hydrogen) atoms. The second kappa shape index (κ2) is 8.56. The highest BCUT2D eigenvalue weighted by atomic mass is 14.9. The lowest BCUT2D eigenvalue weighted by molar-refractivity contribution is 0.794. The molecule has 1 N–H and O–H groups in total. The number of hydrogen-bond acceptors (Lipinski definition) is 1. The average Bonchev–Trinajstić information content (AvgIpc) is 3.46. The number of fused-ring (bicyclic) bond motifs is 10. The number of anilines is 2. The summed E-state index contributed by atoms with van der Waals surface area (Å²) in [6, 6.07) is 49.2. The van der Waals surface area contributed by atoms with Crippen LogP contribution in [0.5, 0.6) is 0 Å². The van der Waals surface area contributed by atoms with E-state index in [9.17, 15) is 0 Å². The summed E-state index contributed by atoms with van der Waals surface area (Å²) in [6.07, 6.45) is 0. The van der Waals surface area contributed by atoms with Gasteiger partial charge in [0.2, 0.25) is 0 Å². The van der Waals surface area contributed by atoms with Crippen molar-refractivity contribution in [1.82, 2.24) is 0 Å². The topological polar surface area (TPSA) is 12.0 Å². The SMILES string of the molecule is Cc1cccc(-c2ccc(Nc3cccc4c3-c3ccccc3C43c4ccccc4-c4ccccc43)c(C)c2)c1. The van der Waals surface area contributed by atoms with Crippen LogP contribution < -0.4 is 5.32 Å². The van der Waals surface area contributed by atoms with Gasteiger partial charge in [-0.25, -0.2) is 0 Å². The van der Waals surface area contributed by atoms with E-state index in [2.05, 4.69) is 153 Å². The van der Waals surface area contributed by atoms with Crippen molar-refractivity contribution in [3.63, 3.8) is 0 Å². The molecule has 0 fully saturated rings. The third kappa shape index (κ3) is 3.09. The zero-order valence-electron chi connectivity index (χ0n) is 22.7. The summed E-state index contributed by atoms with van der Waals surface area (Å²) < 4.78 is 0. The Balaban J connectivity index is 1.32. The number of nitrogens with one attached hydrogen (secondary N) is 1. The molecule has 0 aliphatic heterocycles. The predicted octanol–water partition coefficient (Wildman–Crippen LogP) is 10.1. The van der Waals surface area contributed by atoms with E-state index < -0.39 is 0 Å². The van der Waals surface area contributed by atoms with Crippen molar-refractivity contribution >= 4 is 11.4 Å². The van der Waals surface area contributed by atoms with E-state index in [0.29, 0.717) is 0 Å². The van der Waals surface area contributed by atoms with Gasteiger partial charge in [-0.15, -0.1) is 0 Å². The number of rotatable bonds is 3. The molecule has 1 nitrogen and oxygen atoms in total. The number of aryl methyl sites for hydroxylation is 2. The Hall–Kier alpha value is -4.88. The van der Waals surface area contributed by atoms with Crippen LogP contribution in [0.4, 0.5) is 11.4 Å². The first-order valence-corrected chi connectivity index (χ1v) is 14.0. The van der Waals surface area contributed by atoms with E-state index in [0.717, 1.165) is 11.4 Å². The van der Waals surface area contributed by atoms with Crippen molar-refractivity contribution < 1.29 is 0 Å². The Kier molecular flexibility index (Phi) is 4.93. The standard InChI is InChI=1S/C39H29N/c1-25-11-9-12-27(23-25)28-21-22-36(26(2)24-28)40-37-20-10-19-35-38(37)31-15-5-8-18-34(31)39(35)32-16-6-3-13-29(32)30-14-4-7-17-33(30)39/h3-24,40H,1-2H3. The number of benzene rings is 6. The van der Waals surface area contributed by atoms with Crippen LogP contribution in [0.25, 0.3) is 33.4 Å². The van der Waals surface area contributed by atoms with Crippen molar-refractivity contribution in [3.8, 4) is 33.4 Å². The van der Waals surface area contributed by atoms with Crippen LogP contribution in [0.15, 0.2) is 133 Å². The van der Waals surface area contributed by atoms with Gasteiger partial charge in [0.15, 0.2) is 0 Å². The van der Waals surface area contributed by atoms with Crippen LogP contribution in [0.2, 0.25) is 0 Å². The van der Waals surface area contributed by atoms with Crippen LogP contribution in [0.3, 0.4) is 0 Å². The van der Waals surface area contributed by atoms with E-state index >= 15 is 0 Å². The molecule has 0 atom stereocenters. The Morgan fingerprint density at radius 1 is 0.450 bits per heavy atom. The van der Waals surface area contributed by atoms with Gasteiger partial charge in [-0.3, -0.25) is 0 Å². The monoisotopic (exact) mass is 511 g/mol. The van der Waals surface area contributed by atoms with E-state index in [1.807, 2.05) is 0 Å². The first-order valence-electron chi connectivity index (χ1n) is 14.0. The molecule has 6 aromatic rings. The van der Waals surface area contributed by atoms with Gasteiger partial charge in [-0.05, 0) is 87.7 Å². The van der Waals surface area contributed by atoms with Crippen LogP contribution >= 0.6 is 0 Å². The molecule has 6 aromatic carbocycles. The minimum absolute atomic E-state index is 0.319. The molecule has 2 aliphatic rings. The lowest BCUT2D eigenvalue weighted by Crippen LogP contribution is -2.25. The lowest BCUT2D eigenvalue weighted by atomic mass is 9.70. The van der Waals surface area contributed by atoms with Gasteiger partial charge >= 0.3 is 0 Å². The van der Waals surface area contributed by atoms with E-state index in [4.69, 9.17) is 0 Å². The molecule has 0 saturated carbocycles. The zero-order valence-corrected chi connectivity index (χ0v) is 22.7. The van der Waals surface area contributed by atoms with Crippen molar-refractivity contribution in [2.75, 3.05) is 5.32 Å². The molecule has 0 amide bonds. The number of hydrogen-bond donors (Lipinski definition) is 1. The Labute approximate surface area is 235 Å². The first-order chi connectivity index (χ1) is 19.7. The van der Waals surface area contributed by atoms with Crippen LogP contribution in [-0.4, -0.2) is 0 Å². The Morgan fingerprint density at radius 2 is 1.02 bits per heavy atom. The molecule has 8 rings (SSSR count). The zero-order chi connectivity index (χ0) is 26.8. The fourth-order valence-corrected chi connectivity index (χ4v) is 7.20. The van der Waals surface area contributed by atoms with Crippen molar-refractivity contribution in [1.29, 1.82) is 0 Å². The maximum atomic E-state index is 3.86. The summed E-state index contributed by atoms with van der Waals surface area (Å²) in [7, 11) is 0. The van der Waals surface area contributed by atoms with Gasteiger partial charge in [0.05, 0.1) is 5.41 Å². The molecule has 1 heteroatoms. The molecule has 0 aromatic heterocycles. The maximum absolute atomic E-state index is 3.86. The smallest absolute Gasteiger partial charge is 0.0726 e. The molecule has 0 saturated heterocycles. The molecule has 0 radical (unpaired) electrons. The highest BCUT2D eigenvalue weighted by Gasteiger charge is 2.51. The van der Waals surface area contributed by atoms with Gasteiger partial charge in [0, 0.05) is 16.9 Å². The van der Waals surface area contributed by atoms with Crippen molar-refractivity contribution in [3.05, 3.63) is 167 Å². The van der Waals surface area contributed by atoms with Gasteiger partial charge in [0.25, 0.3) is 0 Å². The highest BCUT2D eigenvalue weighted by Crippen LogP contribution is 2.63. The summed E-state index contributed by atoms with van der Waals surface area (Å²) in [5.74, 6) is 0. The summed E-state index contributed by atoms with van der Waals surface area (Å²) in [5.41, 5.74) is 17.7. The highest BCUT2D eigenvalue weighted by molar-refractivity contribution is 5.99. The molecule has 190 valence electrons. The molecular weight excluding hydrogens is 482 g/mol. The molecule has 2 aliphatic carbocycles. The summed E-state index contributed by atoms with van der Waals surface area (Å²) in [6.45, 7) is 4.34. The molecular formula is C39H29N. The summed E-state index contributed by atoms with van der Waals surface area (Å²) in [5, 5.41) is 3.86. The van der Waals surface area contributed by atoms with Crippen LogP contribution in [0, 0.1) is 13.8 Å². The van der Waals surface area contributed by atoms with Gasteiger partial charge in [-0.1, -0.05) is 121 Å². The minimum Gasteiger partial charge on any atom is -0.355 e. The fourth-order valence-electron chi connectivity index (χ4n) is 7.20. The van der Waals surface area contributed by atoms with Gasteiger partial charge in [0.1, 0.15) is 0 Å². The van der Waals surface area contributed by atoms with Gasteiger partial charge < -0.3 is 5.32 Å². The third-order valence-electron chi connectivity index (χ3n) is 8.87. The lowest BCUT2D eigenvalue weighted by Gasteiger charge is -2.30. The second-order valence-corrected chi connectivity index (χ2v) is 11.1. The normalized spacial score (nSPS) is 13.4. The van der Waals surface area contributed by atoms with Crippen molar-refractivity contribution in [2.24, 2.45) is 0 Å². The quantitative estimate of drug-likeness (QED) is 0.249. The Morgan fingerprint density at radius 3 is 1.70 bits per heavy atom. The molecule has 0 unspecified atom stereocenters. The molecule has 1 spiro atoms. The molecule has 0 bridgehead atoms. The second-order valence-electron chi connectivity index (χ2n) is 11.1. The predicted molar refractivity (Wildman–Crippen MR) is 167 cm³/mol. The molecule has 0 heterocycles. The minimum atomic E-state index is -0.319. The van der Waals surface area contributed by atoms with Crippen LogP contribution in [-0.2, 0) is 5.41 Å². The summed E-state index contributed by atoms with van der Waals surface area (Å²) in [4.78, 5) is 0. The van der Waals surface area contributed by atoms with Gasteiger partial charge in [-0.2, -0.15) is 0 Å². The van der Waals surface area contributed by atoms with Crippen molar-refractivity contribution in [2.45, 2.75) is 19.3 Å².